The van der Waals surface area contributed by atoms with Crippen LogP contribution < -0.4 is 34.3 Å². The van der Waals surface area contributed by atoms with Crippen LogP contribution in [-0.2, 0) is 0 Å². The molecule has 21 rings (SSSR count). The van der Waals surface area contributed by atoms with Gasteiger partial charge in [0.2, 0.25) is 0 Å². The van der Waals surface area contributed by atoms with E-state index in [1.165, 1.54) is 33.4 Å². The quantitative estimate of drug-likeness (QED) is 0.0505. The normalized spacial score (nSPS) is 11.0. The van der Waals surface area contributed by atoms with Crippen molar-refractivity contribution in [3.05, 3.63) is 564 Å². The fraction of sp³-hybridized carbons (Fsp3) is 0. The molecule has 0 bridgehead atoms. The number of benzene rings is 21. The Morgan fingerprint density at radius 3 is 0.226 bits per heavy atom. The molecule has 0 saturated heterocycles. The topological polar surface area (TPSA) is 22.7 Å². The zero-order valence-electron chi connectivity index (χ0n) is 73.3. The van der Waals surface area contributed by atoms with Crippen LogP contribution in [0.25, 0.3) is 66.8 Å². The molecular weight excluding hydrogens is 1610 g/mol. The van der Waals surface area contributed by atoms with Gasteiger partial charge in [-0.3, -0.25) is 0 Å². The van der Waals surface area contributed by atoms with Gasteiger partial charge in [0.25, 0.3) is 0 Å². The molecule has 0 radical (unpaired) electrons. The summed E-state index contributed by atoms with van der Waals surface area (Å²) in [5, 5.41) is 0. The molecule has 7 nitrogen and oxygen atoms in total. The van der Waals surface area contributed by atoms with E-state index in [9.17, 15) is 0 Å². The van der Waals surface area contributed by atoms with Crippen LogP contribution in [0.3, 0.4) is 0 Å². The zero-order valence-corrected chi connectivity index (χ0v) is 73.3. The van der Waals surface area contributed by atoms with Crippen LogP contribution in [0.1, 0.15) is 0 Å². The Bertz CT molecular complexity index is 6610. The molecule has 0 aliphatic heterocycles. The summed E-state index contributed by atoms with van der Waals surface area (Å²) in [5.41, 5.74) is 35.9. The molecule has 7 heteroatoms. The average molecular weight is 1710 g/mol. The van der Waals surface area contributed by atoms with Crippen LogP contribution in [0.2, 0.25) is 0 Å². The van der Waals surface area contributed by atoms with E-state index < -0.39 is 0 Å². The summed E-state index contributed by atoms with van der Waals surface area (Å²) in [4.78, 5) is 16.3. The molecule has 0 aromatic heterocycles. The lowest BCUT2D eigenvalue weighted by molar-refractivity contribution is 1.24. The Kier molecular flexibility index (Phi) is 23.7. The third-order valence-corrected chi connectivity index (χ3v) is 24.6. The van der Waals surface area contributed by atoms with Gasteiger partial charge in [0.1, 0.15) is 0 Å². The van der Waals surface area contributed by atoms with Crippen LogP contribution in [0.15, 0.2) is 564 Å². The van der Waals surface area contributed by atoms with Crippen LogP contribution in [0, 0.1) is 0 Å². The van der Waals surface area contributed by atoms with Crippen molar-refractivity contribution in [1.82, 2.24) is 0 Å². The molecule has 0 N–H and O–H groups in total. The van der Waals surface area contributed by atoms with Crippen LogP contribution in [0.4, 0.5) is 119 Å². The first-order valence-corrected chi connectivity index (χ1v) is 45.2. The fourth-order valence-corrected chi connectivity index (χ4v) is 18.0. The molecule has 0 saturated carbocycles. The molecule has 0 amide bonds. The number of anilines is 21. The second-order valence-corrected chi connectivity index (χ2v) is 32.9. The second-order valence-electron chi connectivity index (χ2n) is 32.9. The molecule has 0 fully saturated rings. The minimum atomic E-state index is 0.994. The summed E-state index contributed by atoms with van der Waals surface area (Å²) < 4.78 is 0. The Balaban J connectivity index is 0.593. The third kappa shape index (κ3) is 18.1. The Morgan fingerprint density at radius 2 is 0.128 bits per heavy atom. The van der Waals surface area contributed by atoms with E-state index in [1.807, 2.05) is 0 Å². The standard InChI is InChI=1S/C126H93N7/c1-10-28-94(29-11-1)97-46-64-112(65-47-97)127(106-34-16-4-17-35-106)115-70-52-100(53-71-115)103-58-76-118(77-59-103)130(109-40-22-7-23-41-109)121-82-88-124(89-83-121)133(125-90-84-122(85-91-125)131(110-42-24-8-25-43-110)119-78-60-104(61-79-119)101-54-72-116(73-55-101)128(107-36-18-5-19-37-107)113-66-48-98(49-67-113)95-30-12-2-13-31-95)126-92-86-123(87-93-126)132(111-44-26-9-27-45-111)120-80-62-105(63-81-120)102-56-74-117(75-57-102)129(108-38-20-6-21-39-108)114-68-50-99(51-69-114)96-32-14-3-15-33-96/h1-93H. The smallest absolute Gasteiger partial charge is 0.0463 e. The minimum Gasteiger partial charge on any atom is -0.311 e. The highest BCUT2D eigenvalue weighted by atomic mass is 15.2. The molecule has 21 aromatic rings. The van der Waals surface area contributed by atoms with E-state index in [1.54, 1.807) is 0 Å². The SMILES string of the molecule is c1ccc(-c2ccc(N(c3ccccc3)c3ccc(-c4ccc(N(c5ccccc5)c5ccc(N(c6ccc(N(c7ccccc7)c7ccc(-c8ccc(N(c9ccccc9)c9ccc(-c%10ccccc%10)cc9)cc8)cc7)cc6)c6ccc(N(c7ccccc7)c7ccc(-c8ccc(N(c9ccccc9)c9ccc(-c%10ccccc%10)cc9)cc8)cc7)cc6)cc5)cc4)cc3)cc2)cc1. The molecule has 0 spiro atoms. The first-order valence-electron chi connectivity index (χ1n) is 45.2. The number of nitrogens with zero attached hydrogens (tertiary/aromatic N) is 7. The van der Waals surface area contributed by atoms with Crippen molar-refractivity contribution in [3.8, 4) is 66.8 Å². The molecule has 0 unspecified atom stereocenters. The van der Waals surface area contributed by atoms with Crippen LogP contribution in [-0.4, -0.2) is 0 Å². The van der Waals surface area contributed by atoms with E-state index in [0.29, 0.717) is 0 Å². The van der Waals surface area contributed by atoms with Crippen molar-refractivity contribution >= 4 is 119 Å². The van der Waals surface area contributed by atoms with Crippen molar-refractivity contribution in [1.29, 1.82) is 0 Å². The molecule has 0 heterocycles. The third-order valence-electron chi connectivity index (χ3n) is 24.6. The molecular formula is C126H93N7. The van der Waals surface area contributed by atoms with Gasteiger partial charge >= 0.3 is 0 Å². The minimum absolute atomic E-state index is 0.994. The van der Waals surface area contributed by atoms with Gasteiger partial charge < -0.3 is 34.3 Å². The Labute approximate surface area is 779 Å². The molecule has 632 valence electrons. The van der Waals surface area contributed by atoms with Gasteiger partial charge in [-0.1, -0.05) is 309 Å². The summed E-state index contributed by atoms with van der Waals surface area (Å²) in [6.07, 6.45) is 0. The lowest BCUT2D eigenvalue weighted by Gasteiger charge is -2.30. The largest absolute Gasteiger partial charge is 0.311 e. The number of hydrogen-bond acceptors (Lipinski definition) is 7. The van der Waals surface area contributed by atoms with E-state index in [2.05, 4.69) is 598 Å². The highest BCUT2D eigenvalue weighted by Crippen LogP contribution is 2.48. The summed E-state index contributed by atoms with van der Waals surface area (Å²) in [6, 6.07) is 203. The van der Waals surface area contributed by atoms with Gasteiger partial charge in [0.15, 0.2) is 0 Å². The molecule has 0 aliphatic carbocycles. The molecule has 0 atom stereocenters. The molecule has 0 aliphatic rings. The fourth-order valence-electron chi connectivity index (χ4n) is 18.0. The second kappa shape index (κ2) is 38.4. The van der Waals surface area contributed by atoms with E-state index in [4.69, 9.17) is 0 Å². The van der Waals surface area contributed by atoms with Crippen LogP contribution in [0.5, 0.6) is 0 Å². The Morgan fingerprint density at radius 1 is 0.0602 bits per heavy atom. The highest BCUT2D eigenvalue weighted by Gasteiger charge is 2.24. The van der Waals surface area contributed by atoms with Gasteiger partial charge in [0, 0.05) is 119 Å². The highest BCUT2D eigenvalue weighted by molar-refractivity contribution is 5.90. The summed E-state index contributed by atoms with van der Waals surface area (Å²) in [7, 11) is 0. The predicted molar refractivity (Wildman–Crippen MR) is 562 cm³/mol. The van der Waals surface area contributed by atoms with Crippen LogP contribution >= 0.6 is 0 Å². The maximum absolute atomic E-state index is 2.37. The Hall–Kier alpha value is -17.8. The predicted octanol–water partition coefficient (Wildman–Crippen LogP) is 36.0. The van der Waals surface area contributed by atoms with Crippen molar-refractivity contribution < 1.29 is 0 Å². The molecule has 133 heavy (non-hydrogen) atoms. The van der Waals surface area contributed by atoms with Crippen molar-refractivity contribution in [2.24, 2.45) is 0 Å². The van der Waals surface area contributed by atoms with Crippen molar-refractivity contribution in [2.75, 3.05) is 34.3 Å². The van der Waals surface area contributed by atoms with E-state index in [0.717, 1.165) is 153 Å². The maximum Gasteiger partial charge on any atom is 0.0463 e. The number of rotatable bonds is 27. The lowest BCUT2D eigenvalue weighted by Crippen LogP contribution is -2.14. The lowest BCUT2D eigenvalue weighted by atomic mass is 10.0. The molecule has 21 aromatic carbocycles. The van der Waals surface area contributed by atoms with Gasteiger partial charge in [-0.25, -0.2) is 0 Å². The first kappa shape index (κ1) is 82.2. The summed E-state index contributed by atoms with van der Waals surface area (Å²) in [5.74, 6) is 0. The van der Waals surface area contributed by atoms with Gasteiger partial charge in [-0.05, 0) is 322 Å². The summed E-state index contributed by atoms with van der Waals surface area (Å²) in [6.45, 7) is 0. The number of hydrogen-bond donors (Lipinski definition) is 0. The van der Waals surface area contributed by atoms with E-state index in [-0.39, 0.29) is 0 Å². The summed E-state index contributed by atoms with van der Waals surface area (Å²) >= 11 is 0. The van der Waals surface area contributed by atoms with Crippen molar-refractivity contribution in [2.45, 2.75) is 0 Å². The maximum atomic E-state index is 2.37. The van der Waals surface area contributed by atoms with Gasteiger partial charge in [-0.2, -0.15) is 0 Å². The van der Waals surface area contributed by atoms with E-state index >= 15 is 0 Å². The zero-order chi connectivity index (χ0) is 88.9. The average Bonchev–Trinajstić information content (AvgIpc) is 0.773. The van der Waals surface area contributed by atoms with Gasteiger partial charge in [-0.15, -0.1) is 0 Å². The first-order chi connectivity index (χ1) is 65.9. The van der Waals surface area contributed by atoms with Crippen molar-refractivity contribution in [3.63, 3.8) is 0 Å². The monoisotopic (exact) mass is 1700 g/mol. The van der Waals surface area contributed by atoms with Gasteiger partial charge in [0.05, 0.1) is 0 Å². The number of para-hydroxylation sites is 6.